The fourth-order valence-electron chi connectivity index (χ4n) is 6.99. The van der Waals surface area contributed by atoms with Crippen LogP contribution in [0.2, 0.25) is 0 Å². The molecule has 1 saturated heterocycles. The number of nitrogens with zero attached hydrogens (tertiary/aromatic N) is 4. The molecule has 0 spiro atoms. The molecule has 4 bridgehead atoms. The van der Waals surface area contributed by atoms with Crippen LogP contribution in [-0.4, -0.2) is 63.8 Å². The quantitative estimate of drug-likeness (QED) is 0.777. The van der Waals surface area contributed by atoms with Gasteiger partial charge in [0.1, 0.15) is 12.7 Å². The summed E-state index contributed by atoms with van der Waals surface area (Å²) < 4.78 is 7.18. The maximum atomic E-state index is 13.3. The van der Waals surface area contributed by atoms with Gasteiger partial charge < -0.3 is 15.0 Å². The summed E-state index contributed by atoms with van der Waals surface area (Å²) in [7, 11) is 1.64. The lowest BCUT2D eigenvalue weighted by molar-refractivity contribution is -0.142. The van der Waals surface area contributed by atoms with Crippen molar-refractivity contribution in [1.29, 1.82) is 0 Å². The molecule has 2 heterocycles. The third kappa shape index (κ3) is 3.35. The lowest BCUT2D eigenvalue weighted by Gasteiger charge is -2.62. The van der Waals surface area contributed by atoms with Crippen LogP contribution in [0.1, 0.15) is 51.4 Å². The summed E-state index contributed by atoms with van der Waals surface area (Å²) in [5.41, 5.74) is -0.132. The summed E-state index contributed by atoms with van der Waals surface area (Å²) in [6.07, 6.45) is 11.2. The van der Waals surface area contributed by atoms with Gasteiger partial charge in [-0.2, -0.15) is 5.10 Å². The number of likely N-dealkylation sites (tertiary alicyclic amines) is 1. The molecule has 8 heteroatoms. The molecule has 8 nitrogen and oxygen atoms in total. The van der Waals surface area contributed by atoms with Crippen molar-refractivity contribution >= 4 is 11.8 Å². The first-order valence-electron chi connectivity index (χ1n) is 10.9. The van der Waals surface area contributed by atoms with Gasteiger partial charge in [-0.05, 0) is 56.8 Å². The van der Waals surface area contributed by atoms with Crippen LogP contribution in [0.25, 0.3) is 0 Å². The number of hydrogen-bond acceptors (Lipinski definition) is 5. The molecule has 4 saturated carbocycles. The van der Waals surface area contributed by atoms with E-state index in [1.807, 2.05) is 6.33 Å². The molecule has 5 aliphatic rings. The molecule has 0 aromatic carbocycles. The zero-order valence-electron chi connectivity index (χ0n) is 17.2. The van der Waals surface area contributed by atoms with Crippen molar-refractivity contribution in [1.82, 2.24) is 25.0 Å². The molecule has 1 aromatic rings. The van der Waals surface area contributed by atoms with Gasteiger partial charge in [0.15, 0.2) is 0 Å². The molecule has 29 heavy (non-hydrogen) atoms. The molecule has 3 unspecified atom stereocenters. The van der Waals surface area contributed by atoms with Gasteiger partial charge in [0.05, 0.1) is 18.1 Å². The van der Waals surface area contributed by atoms with Crippen molar-refractivity contribution in [3.63, 3.8) is 0 Å². The van der Waals surface area contributed by atoms with Gasteiger partial charge in [0.25, 0.3) is 0 Å². The fourth-order valence-corrected chi connectivity index (χ4v) is 6.99. The number of methoxy groups -OCH3 is 1. The van der Waals surface area contributed by atoms with Crippen molar-refractivity contribution in [3.05, 3.63) is 12.7 Å². The van der Waals surface area contributed by atoms with E-state index in [1.165, 1.54) is 6.42 Å². The average Bonchev–Trinajstić information content (AvgIpc) is 3.21. The summed E-state index contributed by atoms with van der Waals surface area (Å²) in [6.45, 7) is 1.57. The summed E-state index contributed by atoms with van der Waals surface area (Å²) in [5.74, 6) is 1.42. The van der Waals surface area contributed by atoms with E-state index in [0.29, 0.717) is 44.4 Å². The van der Waals surface area contributed by atoms with E-state index in [9.17, 15) is 9.59 Å². The number of carbonyl (C=O) groups is 2. The Labute approximate surface area is 171 Å². The van der Waals surface area contributed by atoms with Crippen molar-refractivity contribution in [2.24, 2.45) is 17.8 Å². The van der Waals surface area contributed by atoms with Crippen LogP contribution < -0.4 is 5.32 Å². The average molecular weight is 402 g/mol. The Morgan fingerprint density at radius 1 is 1.31 bits per heavy atom. The van der Waals surface area contributed by atoms with E-state index in [4.69, 9.17) is 4.74 Å². The minimum atomic E-state index is -0.133. The summed E-state index contributed by atoms with van der Waals surface area (Å²) >= 11 is 0. The molecular formula is C21H31N5O3. The lowest BCUT2D eigenvalue weighted by Crippen LogP contribution is -2.66. The number of aromatic nitrogens is 3. The van der Waals surface area contributed by atoms with Crippen LogP contribution in [0.5, 0.6) is 0 Å². The SMILES string of the molecule is COCCN1CC(C(=O)NC23CC4CC(C2)CC(n2cncn2)(C4)C3)CCC1=O. The van der Waals surface area contributed by atoms with Crippen molar-refractivity contribution in [3.8, 4) is 0 Å². The van der Waals surface area contributed by atoms with Crippen LogP contribution in [-0.2, 0) is 19.9 Å². The Bertz CT molecular complexity index is 765. The van der Waals surface area contributed by atoms with E-state index < -0.39 is 0 Å². The Balaban J connectivity index is 1.31. The summed E-state index contributed by atoms with van der Waals surface area (Å²) in [6, 6.07) is 0. The maximum Gasteiger partial charge on any atom is 0.225 e. The smallest absolute Gasteiger partial charge is 0.225 e. The highest BCUT2D eigenvalue weighted by Gasteiger charge is 2.59. The summed E-state index contributed by atoms with van der Waals surface area (Å²) in [4.78, 5) is 31.4. The van der Waals surface area contributed by atoms with Gasteiger partial charge in [-0.15, -0.1) is 0 Å². The van der Waals surface area contributed by atoms with Gasteiger partial charge >= 0.3 is 0 Å². The molecule has 2 amide bonds. The van der Waals surface area contributed by atoms with Crippen LogP contribution in [0.3, 0.4) is 0 Å². The van der Waals surface area contributed by atoms with Gasteiger partial charge in [-0.25, -0.2) is 9.67 Å². The third-order valence-corrected chi connectivity index (χ3v) is 7.76. The van der Waals surface area contributed by atoms with Crippen molar-refractivity contribution < 1.29 is 14.3 Å². The number of ether oxygens (including phenoxy) is 1. The van der Waals surface area contributed by atoms with Gasteiger partial charge in [0, 0.05) is 32.2 Å². The second kappa shape index (κ2) is 7.07. The predicted molar refractivity (Wildman–Crippen MR) is 105 cm³/mol. The van der Waals surface area contributed by atoms with Crippen LogP contribution in [0.15, 0.2) is 12.7 Å². The molecule has 1 aliphatic heterocycles. The zero-order valence-corrected chi connectivity index (χ0v) is 17.2. The van der Waals surface area contributed by atoms with Crippen molar-refractivity contribution in [2.75, 3.05) is 26.8 Å². The Morgan fingerprint density at radius 2 is 2.10 bits per heavy atom. The first-order chi connectivity index (χ1) is 14.0. The number of carbonyl (C=O) groups excluding carboxylic acids is 2. The van der Waals surface area contributed by atoms with E-state index in [-0.39, 0.29) is 28.8 Å². The number of nitrogens with one attached hydrogen (secondary N) is 1. The molecule has 0 radical (unpaired) electrons. The van der Waals surface area contributed by atoms with E-state index in [1.54, 1.807) is 18.3 Å². The maximum absolute atomic E-state index is 13.3. The molecule has 3 atom stereocenters. The second-order valence-corrected chi connectivity index (χ2v) is 9.86. The topological polar surface area (TPSA) is 89.3 Å². The van der Waals surface area contributed by atoms with Gasteiger partial charge in [-0.3, -0.25) is 9.59 Å². The highest BCUT2D eigenvalue weighted by Crippen LogP contribution is 2.60. The minimum absolute atomic E-state index is 0.000887. The third-order valence-electron chi connectivity index (χ3n) is 7.76. The largest absolute Gasteiger partial charge is 0.383 e. The van der Waals surface area contributed by atoms with Crippen LogP contribution in [0, 0.1) is 17.8 Å². The first kappa shape index (κ1) is 19.0. The second-order valence-electron chi connectivity index (χ2n) is 9.86. The van der Waals surface area contributed by atoms with E-state index in [2.05, 4.69) is 20.1 Å². The normalized spacial score (nSPS) is 38.4. The monoisotopic (exact) mass is 401 g/mol. The van der Waals surface area contributed by atoms with Crippen LogP contribution >= 0.6 is 0 Å². The van der Waals surface area contributed by atoms with E-state index >= 15 is 0 Å². The molecule has 158 valence electrons. The molecule has 4 aliphatic carbocycles. The standard InChI is InChI=1S/C21H31N5O3/c1-29-5-4-25-11-17(2-3-18(25)27)19(28)24-20-7-15-6-16(8-20)10-21(9-15,12-20)26-14-22-13-23-26/h13-17H,2-12H2,1H3,(H,24,28). The number of amides is 2. The Hall–Kier alpha value is -1.96. The number of hydrogen-bond donors (Lipinski definition) is 1. The number of piperidine rings is 1. The summed E-state index contributed by atoms with van der Waals surface area (Å²) in [5, 5.41) is 7.99. The lowest BCUT2D eigenvalue weighted by atomic mass is 9.50. The highest BCUT2D eigenvalue weighted by atomic mass is 16.5. The highest BCUT2D eigenvalue weighted by molar-refractivity contribution is 5.84. The van der Waals surface area contributed by atoms with E-state index in [0.717, 1.165) is 32.1 Å². The van der Waals surface area contributed by atoms with Gasteiger partial charge in [-0.1, -0.05) is 0 Å². The number of rotatable bonds is 6. The Kier molecular flexibility index (Phi) is 4.64. The first-order valence-corrected chi connectivity index (χ1v) is 10.9. The minimum Gasteiger partial charge on any atom is -0.383 e. The zero-order chi connectivity index (χ0) is 20.1. The Morgan fingerprint density at radius 3 is 2.79 bits per heavy atom. The molecular weight excluding hydrogens is 370 g/mol. The molecule has 1 N–H and O–H groups in total. The molecule has 5 fully saturated rings. The van der Waals surface area contributed by atoms with Crippen LogP contribution in [0.4, 0.5) is 0 Å². The van der Waals surface area contributed by atoms with Crippen molar-refractivity contribution in [2.45, 2.75) is 62.4 Å². The fraction of sp³-hybridized carbons (Fsp3) is 0.810. The van der Waals surface area contributed by atoms with Gasteiger partial charge in [0.2, 0.25) is 11.8 Å². The molecule has 1 aromatic heterocycles. The predicted octanol–water partition coefficient (Wildman–Crippen LogP) is 1.33. The molecule has 6 rings (SSSR count).